The number of fused-ring (bicyclic) bond motifs is 1. The molecule has 6 N–H and O–H groups in total. The topological polar surface area (TPSA) is 145 Å². The molecule has 4 rings (SSSR count). The Morgan fingerprint density at radius 3 is 2.30 bits per heavy atom. The highest BCUT2D eigenvalue weighted by molar-refractivity contribution is 7.90. The monoisotopic (exact) mass is 470 g/mol. The summed E-state index contributed by atoms with van der Waals surface area (Å²) >= 11 is 0. The molecule has 0 radical (unpaired) electrons. The van der Waals surface area contributed by atoms with Gasteiger partial charge in [-0.3, -0.25) is 0 Å². The van der Waals surface area contributed by atoms with E-state index in [9.17, 15) is 18.6 Å². The lowest BCUT2D eigenvalue weighted by Gasteiger charge is -2.43. The van der Waals surface area contributed by atoms with Crippen LogP contribution in [0.25, 0.3) is 0 Å². The van der Waals surface area contributed by atoms with Gasteiger partial charge in [-0.25, -0.2) is 13.6 Å². The van der Waals surface area contributed by atoms with E-state index in [1.54, 1.807) is 30.3 Å². The molecular weight excluding hydrogens is 444 g/mol. The lowest BCUT2D eigenvalue weighted by atomic mass is 9.73. The first-order valence-electron chi connectivity index (χ1n) is 10.4. The molecule has 8 nitrogen and oxygen atoms in total. The van der Waals surface area contributed by atoms with Crippen molar-refractivity contribution in [1.29, 1.82) is 0 Å². The predicted molar refractivity (Wildman–Crippen MR) is 123 cm³/mol. The SMILES string of the molecule is NCC(O)C(c1ccccc1O)(C(Cc1ccccc1)c1ccc2c(c1)OCO2)S(N)(=O)=O. The number of nitrogens with two attached hydrogens (primary N) is 2. The van der Waals surface area contributed by atoms with E-state index in [4.69, 9.17) is 20.3 Å². The van der Waals surface area contributed by atoms with E-state index in [1.165, 1.54) is 12.1 Å². The lowest BCUT2D eigenvalue weighted by molar-refractivity contribution is 0.112. The van der Waals surface area contributed by atoms with Gasteiger partial charge in [0.15, 0.2) is 11.5 Å². The highest BCUT2D eigenvalue weighted by Crippen LogP contribution is 2.50. The third-order valence-corrected chi connectivity index (χ3v) is 7.83. The van der Waals surface area contributed by atoms with Crippen LogP contribution in [0, 0.1) is 0 Å². The number of rotatable bonds is 8. The second kappa shape index (κ2) is 9.03. The number of sulfonamides is 1. The highest BCUT2D eigenvalue weighted by Gasteiger charge is 2.56. The summed E-state index contributed by atoms with van der Waals surface area (Å²) < 4.78 is 35.6. The van der Waals surface area contributed by atoms with Gasteiger partial charge in [-0.05, 0) is 35.7 Å². The molecule has 0 bridgehead atoms. The van der Waals surface area contributed by atoms with Gasteiger partial charge in [-0.15, -0.1) is 0 Å². The largest absolute Gasteiger partial charge is 0.508 e. The van der Waals surface area contributed by atoms with Crippen molar-refractivity contribution in [3.8, 4) is 17.2 Å². The standard InChI is InChI=1S/C24H26N2O6S/c25-14-23(28)24(33(26,29)30,18-8-4-5-9-20(18)27)19(12-16-6-2-1-3-7-16)17-10-11-21-22(13-17)32-15-31-21/h1-11,13,19,23,27-28H,12,14-15,25H2,(H2,26,29,30). The zero-order valence-corrected chi connectivity index (χ0v) is 18.6. The van der Waals surface area contributed by atoms with Crippen LogP contribution in [0.15, 0.2) is 72.8 Å². The molecule has 3 aromatic carbocycles. The van der Waals surface area contributed by atoms with Crippen LogP contribution in [0.2, 0.25) is 0 Å². The van der Waals surface area contributed by atoms with Gasteiger partial charge in [-0.2, -0.15) is 0 Å². The van der Waals surface area contributed by atoms with Crippen LogP contribution in [0.3, 0.4) is 0 Å². The van der Waals surface area contributed by atoms with Crippen LogP contribution >= 0.6 is 0 Å². The average molecular weight is 471 g/mol. The number of hydrogen-bond acceptors (Lipinski definition) is 7. The number of aromatic hydroxyl groups is 1. The molecule has 174 valence electrons. The van der Waals surface area contributed by atoms with Crippen molar-refractivity contribution in [3.63, 3.8) is 0 Å². The number of ether oxygens (including phenoxy) is 2. The van der Waals surface area contributed by atoms with Crippen molar-refractivity contribution >= 4 is 10.0 Å². The van der Waals surface area contributed by atoms with Crippen LogP contribution in [0.1, 0.15) is 22.6 Å². The number of para-hydroxylation sites is 1. The Balaban J connectivity index is 2.04. The van der Waals surface area contributed by atoms with Gasteiger partial charge < -0.3 is 25.4 Å². The molecule has 0 aliphatic carbocycles. The van der Waals surface area contributed by atoms with Gasteiger partial charge >= 0.3 is 0 Å². The summed E-state index contributed by atoms with van der Waals surface area (Å²) in [6.45, 7) is -0.353. The van der Waals surface area contributed by atoms with E-state index in [-0.39, 0.29) is 24.5 Å². The molecule has 0 amide bonds. The molecule has 0 aromatic heterocycles. The molecule has 3 aromatic rings. The summed E-state index contributed by atoms with van der Waals surface area (Å²) in [6.07, 6.45) is -1.44. The van der Waals surface area contributed by atoms with Crippen LogP contribution in [0.4, 0.5) is 0 Å². The van der Waals surface area contributed by atoms with Gasteiger partial charge in [0, 0.05) is 18.0 Å². The molecule has 9 heteroatoms. The number of phenolic OH excluding ortho intramolecular Hbond substituents is 1. The Hall–Kier alpha value is -3.11. The van der Waals surface area contributed by atoms with Crippen LogP contribution < -0.4 is 20.3 Å². The molecule has 0 saturated carbocycles. The minimum Gasteiger partial charge on any atom is -0.508 e. The van der Waals surface area contributed by atoms with E-state index in [2.05, 4.69) is 0 Å². The summed E-state index contributed by atoms with van der Waals surface area (Å²) in [5.41, 5.74) is 7.17. The molecule has 3 unspecified atom stereocenters. The summed E-state index contributed by atoms with van der Waals surface area (Å²) in [7, 11) is -4.56. The fourth-order valence-electron chi connectivity index (χ4n) is 4.62. The fraction of sp³-hybridized carbons (Fsp3) is 0.250. The quantitative estimate of drug-likeness (QED) is 0.394. The van der Waals surface area contributed by atoms with Crippen molar-refractivity contribution < 1.29 is 28.1 Å². The Kier molecular flexibility index (Phi) is 6.31. The summed E-state index contributed by atoms with van der Waals surface area (Å²) in [4.78, 5) is 0. The Morgan fingerprint density at radius 1 is 0.970 bits per heavy atom. The number of benzene rings is 3. The summed E-state index contributed by atoms with van der Waals surface area (Å²) in [5.74, 6) is -0.261. The predicted octanol–water partition coefficient (Wildman–Crippen LogP) is 1.95. The molecular formula is C24H26N2O6S. The Bertz CT molecular complexity index is 1230. The van der Waals surface area contributed by atoms with Gasteiger partial charge in [0.25, 0.3) is 0 Å². The van der Waals surface area contributed by atoms with Crippen molar-refractivity contribution in [1.82, 2.24) is 0 Å². The first kappa shape index (κ1) is 23.1. The highest BCUT2D eigenvalue weighted by atomic mass is 32.2. The first-order chi connectivity index (χ1) is 15.8. The molecule has 1 aliphatic heterocycles. The number of primary sulfonamides is 1. The van der Waals surface area contributed by atoms with E-state index in [1.807, 2.05) is 30.3 Å². The minimum absolute atomic E-state index is 0.0240. The second-order valence-corrected chi connectivity index (χ2v) is 9.73. The Labute approximate surface area is 192 Å². The van der Waals surface area contributed by atoms with Crippen molar-refractivity contribution in [2.45, 2.75) is 23.2 Å². The Morgan fingerprint density at radius 2 is 1.64 bits per heavy atom. The molecule has 0 saturated heterocycles. The van der Waals surface area contributed by atoms with Crippen LogP contribution in [-0.2, 0) is 21.2 Å². The molecule has 1 aliphatic rings. The smallest absolute Gasteiger partial charge is 0.231 e. The van der Waals surface area contributed by atoms with Crippen LogP contribution in [-0.4, -0.2) is 38.1 Å². The zero-order chi connectivity index (χ0) is 23.6. The van der Waals surface area contributed by atoms with Crippen molar-refractivity contribution in [3.05, 3.63) is 89.5 Å². The first-order valence-corrected chi connectivity index (χ1v) is 12.0. The van der Waals surface area contributed by atoms with E-state index in [0.717, 1.165) is 5.56 Å². The summed E-state index contributed by atoms with van der Waals surface area (Å²) in [6, 6.07) is 20.3. The normalized spacial score (nSPS) is 16.7. The average Bonchev–Trinajstić information content (AvgIpc) is 3.27. The van der Waals surface area contributed by atoms with Gasteiger partial charge in [0.05, 0.1) is 6.10 Å². The maximum atomic E-state index is 13.4. The maximum Gasteiger partial charge on any atom is 0.231 e. The second-order valence-electron chi connectivity index (χ2n) is 7.96. The third-order valence-electron chi connectivity index (χ3n) is 6.11. The van der Waals surface area contributed by atoms with Crippen molar-refractivity contribution in [2.75, 3.05) is 13.3 Å². The number of phenols is 1. The zero-order valence-electron chi connectivity index (χ0n) is 17.8. The minimum atomic E-state index is -4.56. The molecule has 33 heavy (non-hydrogen) atoms. The number of aliphatic hydroxyl groups is 1. The van der Waals surface area contributed by atoms with Crippen molar-refractivity contribution in [2.24, 2.45) is 10.9 Å². The molecule has 0 spiro atoms. The van der Waals surface area contributed by atoms with Gasteiger partial charge in [0.2, 0.25) is 16.8 Å². The number of aliphatic hydroxyl groups excluding tert-OH is 1. The third kappa shape index (κ3) is 4.04. The van der Waals surface area contributed by atoms with E-state index >= 15 is 0 Å². The van der Waals surface area contributed by atoms with E-state index < -0.39 is 33.3 Å². The van der Waals surface area contributed by atoms with Gasteiger partial charge in [-0.1, -0.05) is 54.6 Å². The van der Waals surface area contributed by atoms with E-state index in [0.29, 0.717) is 17.1 Å². The summed E-state index contributed by atoms with van der Waals surface area (Å²) in [5, 5.41) is 27.9. The maximum absolute atomic E-state index is 13.4. The molecule has 1 heterocycles. The molecule has 0 fully saturated rings. The van der Waals surface area contributed by atoms with Crippen LogP contribution in [0.5, 0.6) is 17.2 Å². The lowest BCUT2D eigenvalue weighted by Crippen LogP contribution is -2.56. The fourth-order valence-corrected chi connectivity index (χ4v) is 6.19. The number of hydrogen-bond donors (Lipinski definition) is 4. The molecule has 3 atom stereocenters. The van der Waals surface area contributed by atoms with Gasteiger partial charge in [0.1, 0.15) is 10.5 Å².